The van der Waals surface area contributed by atoms with Crippen LogP contribution in [0, 0.1) is 17.3 Å². The van der Waals surface area contributed by atoms with Crippen LogP contribution in [0.4, 0.5) is 0 Å². The molecule has 56 valence electrons. The Morgan fingerprint density at radius 1 is 1.60 bits per heavy atom. The fourth-order valence-corrected chi connectivity index (χ4v) is 1.53. The molecule has 0 N–H and O–H groups in total. The van der Waals surface area contributed by atoms with Gasteiger partial charge in [-0.05, 0) is 11.3 Å². The molecule has 0 saturated heterocycles. The molecule has 2 unspecified atom stereocenters. The topological polar surface area (TPSA) is 17.1 Å². The van der Waals surface area contributed by atoms with Gasteiger partial charge in [0.25, 0.3) is 0 Å². The molecule has 1 rings (SSSR count). The van der Waals surface area contributed by atoms with Crippen molar-refractivity contribution < 1.29 is 4.79 Å². The number of hydrogen-bond donors (Lipinski definition) is 0. The highest BCUT2D eigenvalue weighted by Gasteiger charge is 2.35. The van der Waals surface area contributed by atoms with Crippen LogP contribution in [0.2, 0.25) is 0 Å². The molecule has 1 heteroatoms. The molecular formula is C9H14O. The van der Waals surface area contributed by atoms with Crippen molar-refractivity contribution in [1.82, 2.24) is 0 Å². The SMILES string of the molecule is CC(C=O)C1C=CC1(C)C. The molecule has 0 amide bonds. The molecule has 10 heavy (non-hydrogen) atoms. The summed E-state index contributed by atoms with van der Waals surface area (Å²) in [5.74, 6) is 0.644. The number of aldehydes is 1. The normalized spacial score (nSPS) is 30.9. The van der Waals surface area contributed by atoms with E-state index in [-0.39, 0.29) is 11.3 Å². The molecule has 0 aromatic heterocycles. The minimum Gasteiger partial charge on any atom is -0.303 e. The van der Waals surface area contributed by atoms with E-state index in [4.69, 9.17) is 0 Å². The van der Waals surface area contributed by atoms with E-state index < -0.39 is 0 Å². The summed E-state index contributed by atoms with van der Waals surface area (Å²) >= 11 is 0. The van der Waals surface area contributed by atoms with Gasteiger partial charge in [0.05, 0.1) is 0 Å². The minimum absolute atomic E-state index is 0.181. The van der Waals surface area contributed by atoms with E-state index in [9.17, 15) is 4.79 Å². The van der Waals surface area contributed by atoms with E-state index in [1.807, 2.05) is 6.92 Å². The molecule has 0 bridgehead atoms. The van der Waals surface area contributed by atoms with Gasteiger partial charge in [-0.2, -0.15) is 0 Å². The number of hydrogen-bond acceptors (Lipinski definition) is 1. The predicted molar refractivity (Wildman–Crippen MR) is 41.6 cm³/mol. The first-order valence-corrected chi connectivity index (χ1v) is 3.72. The highest BCUT2D eigenvalue weighted by atomic mass is 16.1. The smallest absolute Gasteiger partial charge is 0.123 e. The zero-order chi connectivity index (χ0) is 7.78. The Hall–Kier alpha value is -0.590. The van der Waals surface area contributed by atoms with Crippen molar-refractivity contribution in [3.63, 3.8) is 0 Å². The fraction of sp³-hybridized carbons (Fsp3) is 0.667. The number of allylic oxidation sites excluding steroid dienone is 2. The molecule has 1 aliphatic rings. The third-order valence-corrected chi connectivity index (χ3v) is 2.37. The molecule has 1 aliphatic carbocycles. The Bertz CT molecular complexity index is 168. The summed E-state index contributed by atoms with van der Waals surface area (Å²) in [6.07, 6.45) is 5.33. The number of carbonyl (C=O) groups excluding carboxylic acids is 1. The van der Waals surface area contributed by atoms with E-state index >= 15 is 0 Å². The van der Waals surface area contributed by atoms with Gasteiger partial charge < -0.3 is 4.79 Å². The maximum absolute atomic E-state index is 10.4. The standard InChI is InChI=1S/C9H14O/c1-7(6-10)8-4-5-9(8,2)3/h4-8H,1-3H3. The van der Waals surface area contributed by atoms with Gasteiger partial charge >= 0.3 is 0 Å². The zero-order valence-corrected chi connectivity index (χ0v) is 6.79. The van der Waals surface area contributed by atoms with Gasteiger partial charge in [-0.25, -0.2) is 0 Å². The lowest BCUT2D eigenvalue weighted by atomic mass is 9.65. The summed E-state index contributed by atoms with van der Waals surface area (Å²) in [4.78, 5) is 10.4. The maximum Gasteiger partial charge on any atom is 0.123 e. The molecule has 0 aromatic rings. The monoisotopic (exact) mass is 138 g/mol. The third-order valence-electron chi connectivity index (χ3n) is 2.37. The van der Waals surface area contributed by atoms with Crippen LogP contribution in [0.5, 0.6) is 0 Å². The fourth-order valence-electron chi connectivity index (χ4n) is 1.53. The van der Waals surface area contributed by atoms with Gasteiger partial charge in [-0.3, -0.25) is 0 Å². The summed E-state index contributed by atoms with van der Waals surface area (Å²) in [6.45, 7) is 6.30. The Morgan fingerprint density at radius 2 is 2.20 bits per heavy atom. The van der Waals surface area contributed by atoms with Crippen molar-refractivity contribution in [2.45, 2.75) is 20.8 Å². The minimum atomic E-state index is 0.181. The van der Waals surface area contributed by atoms with Crippen LogP contribution in [-0.2, 0) is 4.79 Å². The van der Waals surface area contributed by atoms with Crippen molar-refractivity contribution in [3.8, 4) is 0 Å². The lowest BCUT2D eigenvalue weighted by molar-refractivity contribution is -0.112. The van der Waals surface area contributed by atoms with E-state index in [1.165, 1.54) is 0 Å². The Labute approximate surface area is 62.1 Å². The largest absolute Gasteiger partial charge is 0.303 e. The first-order valence-electron chi connectivity index (χ1n) is 3.72. The molecule has 2 atom stereocenters. The predicted octanol–water partition coefficient (Wildman–Crippen LogP) is 2.03. The third kappa shape index (κ3) is 1.00. The summed E-state index contributed by atoms with van der Waals surface area (Å²) in [6, 6.07) is 0. The second-order valence-electron chi connectivity index (χ2n) is 3.70. The molecule has 0 aromatic carbocycles. The van der Waals surface area contributed by atoms with Crippen molar-refractivity contribution in [2.24, 2.45) is 17.3 Å². The molecular weight excluding hydrogens is 124 g/mol. The second kappa shape index (κ2) is 2.22. The number of rotatable bonds is 2. The molecule has 0 heterocycles. The summed E-state index contributed by atoms with van der Waals surface area (Å²) in [7, 11) is 0. The average molecular weight is 138 g/mol. The van der Waals surface area contributed by atoms with Crippen LogP contribution in [-0.4, -0.2) is 6.29 Å². The zero-order valence-electron chi connectivity index (χ0n) is 6.79. The van der Waals surface area contributed by atoms with E-state index in [0.29, 0.717) is 5.92 Å². The molecule has 1 nitrogen and oxygen atoms in total. The van der Waals surface area contributed by atoms with Crippen LogP contribution in [0.25, 0.3) is 0 Å². The highest BCUT2D eigenvalue weighted by molar-refractivity contribution is 5.55. The van der Waals surface area contributed by atoms with Crippen molar-refractivity contribution in [3.05, 3.63) is 12.2 Å². The quantitative estimate of drug-likeness (QED) is 0.421. The van der Waals surface area contributed by atoms with Gasteiger partial charge in [0.1, 0.15) is 6.29 Å². The van der Waals surface area contributed by atoms with Crippen LogP contribution < -0.4 is 0 Å². The van der Waals surface area contributed by atoms with Crippen molar-refractivity contribution in [1.29, 1.82) is 0 Å². The first-order chi connectivity index (χ1) is 4.58. The molecule has 0 radical (unpaired) electrons. The maximum atomic E-state index is 10.4. The lowest BCUT2D eigenvalue weighted by Gasteiger charge is -2.39. The van der Waals surface area contributed by atoms with Crippen LogP contribution in [0.3, 0.4) is 0 Å². The van der Waals surface area contributed by atoms with Crippen molar-refractivity contribution >= 4 is 6.29 Å². The van der Waals surface area contributed by atoms with Crippen LogP contribution in [0.1, 0.15) is 20.8 Å². The second-order valence-corrected chi connectivity index (χ2v) is 3.70. The van der Waals surface area contributed by atoms with Crippen molar-refractivity contribution in [2.75, 3.05) is 0 Å². The Morgan fingerprint density at radius 3 is 2.30 bits per heavy atom. The van der Waals surface area contributed by atoms with Crippen LogP contribution >= 0.6 is 0 Å². The molecule has 0 fully saturated rings. The highest BCUT2D eigenvalue weighted by Crippen LogP contribution is 2.42. The number of carbonyl (C=O) groups is 1. The molecule has 0 saturated carbocycles. The summed E-state index contributed by atoms with van der Waals surface area (Å²) in [5.41, 5.74) is 0.250. The van der Waals surface area contributed by atoms with E-state index in [0.717, 1.165) is 6.29 Å². The molecule has 0 aliphatic heterocycles. The lowest BCUT2D eigenvalue weighted by Crippen LogP contribution is -2.33. The summed E-state index contributed by atoms with van der Waals surface area (Å²) < 4.78 is 0. The van der Waals surface area contributed by atoms with Crippen LogP contribution in [0.15, 0.2) is 12.2 Å². The Kier molecular flexibility index (Phi) is 1.67. The first kappa shape index (κ1) is 7.52. The van der Waals surface area contributed by atoms with Gasteiger partial charge in [0.2, 0.25) is 0 Å². The van der Waals surface area contributed by atoms with E-state index in [2.05, 4.69) is 26.0 Å². The Balaban J connectivity index is 2.62. The van der Waals surface area contributed by atoms with Gasteiger partial charge in [-0.15, -0.1) is 0 Å². The van der Waals surface area contributed by atoms with E-state index in [1.54, 1.807) is 0 Å². The molecule has 0 spiro atoms. The average Bonchev–Trinajstić information content (AvgIpc) is 1.86. The van der Waals surface area contributed by atoms with Gasteiger partial charge in [0, 0.05) is 5.92 Å². The summed E-state index contributed by atoms with van der Waals surface area (Å²) in [5, 5.41) is 0. The van der Waals surface area contributed by atoms with Gasteiger partial charge in [-0.1, -0.05) is 32.9 Å². The van der Waals surface area contributed by atoms with Gasteiger partial charge in [0.15, 0.2) is 0 Å².